The number of amides is 3. The molecule has 3 aliphatic rings. The van der Waals surface area contributed by atoms with Crippen molar-refractivity contribution in [3.63, 3.8) is 0 Å². The number of fused-ring (bicyclic) bond motifs is 1. The highest BCUT2D eigenvalue weighted by molar-refractivity contribution is 5.91. The lowest BCUT2D eigenvalue weighted by molar-refractivity contribution is -0.140. The van der Waals surface area contributed by atoms with E-state index in [2.05, 4.69) is 22.6 Å². The van der Waals surface area contributed by atoms with Gasteiger partial charge in [-0.05, 0) is 87.1 Å². The predicted octanol–water partition coefficient (Wildman–Crippen LogP) is 1.85. The molecule has 3 heterocycles. The van der Waals surface area contributed by atoms with E-state index in [1.165, 1.54) is 0 Å². The number of benzene rings is 1. The van der Waals surface area contributed by atoms with E-state index in [4.69, 9.17) is 10.5 Å². The number of carbonyl (C=O) groups excluding carboxylic acids is 3. The number of hydrogen-bond acceptors (Lipinski definition) is 7. The van der Waals surface area contributed by atoms with Crippen LogP contribution in [-0.2, 0) is 34.3 Å². The van der Waals surface area contributed by atoms with Gasteiger partial charge in [-0.2, -0.15) is 0 Å². The van der Waals surface area contributed by atoms with Gasteiger partial charge < -0.3 is 25.6 Å². The fourth-order valence-corrected chi connectivity index (χ4v) is 6.52. The van der Waals surface area contributed by atoms with Crippen LogP contribution >= 0.6 is 0 Å². The Bertz CT molecular complexity index is 1320. The second-order valence-electron chi connectivity index (χ2n) is 11.9. The van der Waals surface area contributed by atoms with Crippen LogP contribution < -0.4 is 15.8 Å². The summed E-state index contributed by atoms with van der Waals surface area (Å²) in [7, 11) is 3.52. The molecule has 3 N–H and O–H groups in total. The Balaban J connectivity index is 1.24. The van der Waals surface area contributed by atoms with E-state index in [1.54, 1.807) is 16.7 Å². The lowest BCUT2D eigenvalue weighted by Crippen LogP contribution is -2.51. The summed E-state index contributed by atoms with van der Waals surface area (Å²) in [5, 5.41) is 11.4. The highest BCUT2D eigenvalue weighted by Gasteiger charge is 2.41. The summed E-state index contributed by atoms with van der Waals surface area (Å²) in [6.07, 6.45) is 7.43. The van der Waals surface area contributed by atoms with Crippen molar-refractivity contribution in [2.75, 3.05) is 26.7 Å². The number of nitrogens with one attached hydrogen (secondary N) is 1. The summed E-state index contributed by atoms with van der Waals surface area (Å²) in [6, 6.07) is 6.67. The zero-order valence-corrected chi connectivity index (χ0v) is 24.9. The highest BCUT2D eigenvalue weighted by Crippen LogP contribution is 2.29. The molecule has 2 aromatic rings. The third-order valence-corrected chi connectivity index (χ3v) is 9.00. The summed E-state index contributed by atoms with van der Waals surface area (Å²) in [5.74, 6) is 0.488. The lowest BCUT2D eigenvalue weighted by Gasteiger charge is -2.27. The number of methoxy groups -OCH3 is 1. The second-order valence-corrected chi connectivity index (χ2v) is 11.9. The van der Waals surface area contributed by atoms with Gasteiger partial charge in [-0.15, -0.1) is 5.10 Å². The van der Waals surface area contributed by atoms with Gasteiger partial charge in [-0.25, -0.2) is 0 Å². The van der Waals surface area contributed by atoms with Crippen LogP contribution in [0.1, 0.15) is 62.4 Å². The van der Waals surface area contributed by atoms with Crippen LogP contribution in [-0.4, -0.2) is 87.4 Å². The number of aryl methyl sites for hydroxylation is 1. The van der Waals surface area contributed by atoms with Gasteiger partial charge in [0.25, 0.3) is 0 Å². The average molecular weight is 578 g/mol. The highest BCUT2D eigenvalue weighted by atomic mass is 16.5. The zero-order chi connectivity index (χ0) is 29.8. The molecule has 2 aliphatic heterocycles. The van der Waals surface area contributed by atoms with Crippen molar-refractivity contribution in [1.29, 1.82) is 0 Å². The maximum atomic E-state index is 13.6. The van der Waals surface area contributed by atoms with Crippen molar-refractivity contribution in [2.45, 2.75) is 76.4 Å². The van der Waals surface area contributed by atoms with Crippen molar-refractivity contribution in [1.82, 2.24) is 30.1 Å². The Hall–Kier alpha value is -3.73. The Labute approximate surface area is 247 Å². The SMILES string of the molecule is COc1ccc(C[C@H]2CC(C(=O)NCC3=Cc4nnn(C)c4CC3)N(C(=O)C(N)CCC(=O)N3CCCC3C)C2)cc1. The monoisotopic (exact) mass is 577 g/mol. The molecule has 0 radical (unpaired) electrons. The van der Waals surface area contributed by atoms with Crippen LogP contribution in [0.15, 0.2) is 29.8 Å². The molecular formula is C31H43N7O4. The number of nitrogens with zero attached hydrogens (tertiary/aromatic N) is 5. The number of hydrogen-bond donors (Lipinski definition) is 2. The Morgan fingerprint density at radius 3 is 2.67 bits per heavy atom. The standard InChI is InChI=1S/C31H43N7O4/c1-20-5-4-14-37(20)29(39)13-11-25(32)31(41)38-19-23(15-21-6-9-24(42-3)10-7-21)17-28(38)30(40)33-18-22-8-12-27-26(16-22)34-35-36(27)2/h6-7,9-10,16,20,23,25,28H,4-5,8,11-15,17-19,32H2,1-3H3,(H,33,40)/t20?,23-,25?,28?/m0/s1. The molecule has 0 saturated carbocycles. The summed E-state index contributed by atoms with van der Waals surface area (Å²) in [4.78, 5) is 43.5. The van der Waals surface area contributed by atoms with Crippen LogP contribution in [0.3, 0.4) is 0 Å². The molecule has 0 bridgehead atoms. The molecule has 1 aromatic carbocycles. The smallest absolute Gasteiger partial charge is 0.243 e. The molecule has 2 fully saturated rings. The van der Waals surface area contributed by atoms with E-state index < -0.39 is 12.1 Å². The minimum absolute atomic E-state index is 0.0448. The number of ether oxygens (including phenoxy) is 1. The molecule has 4 atom stereocenters. The minimum Gasteiger partial charge on any atom is -0.497 e. The molecule has 3 amide bonds. The lowest BCUT2D eigenvalue weighted by atomic mass is 9.96. The molecule has 0 spiro atoms. The van der Waals surface area contributed by atoms with E-state index in [1.807, 2.05) is 42.3 Å². The van der Waals surface area contributed by atoms with Gasteiger partial charge in [0.15, 0.2) is 0 Å². The number of likely N-dealkylation sites (tertiary alicyclic amines) is 2. The van der Waals surface area contributed by atoms with E-state index in [0.29, 0.717) is 19.5 Å². The molecule has 5 rings (SSSR count). The van der Waals surface area contributed by atoms with E-state index in [9.17, 15) is 14.4 Å². The van der Waals surface area contributed by atoms with Crippen molar-refractivity contribution < 1.29 is 19.1 Å². The number of nitrogens with two attached hydrogens (primary N) is 1. The number of aromatic nitrogens is 3. The first kappa shape index (κ1) is 29.8. The molecular weight excluding hydrogens is 534 g/mol. The normalized spacial score (nSPS) is 22.5. The van der Waals surface area contributed by atoms with Crippen molar-refractivity contribution >= 4 is 23.8 Å². The molecule has 226 valence electrons. The molecule has 2 saturated heterocycles. The minimum atomic E-state index is -0.835. The topological polar surface area (TPSA) is 136 Å². The largest absolute Gasteiger partial charge is 0.497 e. The molecule has 1 aliphatic carbocycles. The molecule has 1 aromatic heterocycles. The summed E-state index contributed by atoms with van der Waals surface area (Å²) in [5.41, 5.74) is 10.5. The van der Waals surface area contributed by atoms with Gasteiger partial charge in [0.2, 0.25) is 17.7 Å². The van der Waals surface area contributed by atoms with E-state index in [-0.39, 0.29) is 42.5 Å². The van der Waals surface area contributed by atoms with Crippen LogP contribution in [0.5, 0.6) is 5.75 Å². The van der Waals surface area contributed by atoms with Gasteiger partial charge in [0.1, 0.15) is 17.5 Å². The molecule has 11 heteroatoms. The van der Waals surface area contributed by atoms with E-state index in [0.717, 1.165) is 66.9 Å². The third kappa shape index (κ3) is 6.67. The Kier molecular flexibility index (Phi) is 9.25. The average Bonchev–Trinajstić information content (AvgIpc) is 3.72. The Morgan fingerprint density at radius 2 is 1.95 bits per heavy atom. The van der Waals surface area contributed by atoms with Crippen LogP contribution in [0.4, 0.5) is 0 Å². The summed E-state index contributed by atoms with van der Waals surface area (Å²) in [6.45, 7) is 3.66. The summed E-state index contributed by atoms with van der Waals surface area (Å²) >= 11 is 0. The van der Waals surface area contributed by atoms with Gasteiger partial charge in [0, 0.05) is 39.1 Å². The third-order valence-electron chi connectivity index (χ3n) is 9.00. The van der Waals surface area contributed by atoms with E-state index >= 15 is 0 Å². The van der Waals surface area contributed by atoms with Crippen molar-refractivity contribution in [3.8, 4) is 5.75 Å². The second kappa shape index (κ2) is 13.1. The van der Waals surface area contributed by atoms with Crippen LogP contribution in [0.25, 0.3) is 6.08 Å². The van der Waals surface area contributed by atoms with Gasteiger partial charge in [0.05, 0.1) is 18.8 Å². The predicted molar refractivity (Wildman–Crippen MR) is 158 cm³/mol. The first-order valence-corrected chi connectivity index (χ1v) is 15.1. The quantitative estimate of drug-likeness (QED) is 0.440. The first-order chi connectivity index (χ1) is 20.2. The Morgan fingerprint density at radius 1 is 1.17 bits per heavy atom. The van der Waals surface area contributed by atoms with Crippen LogP contribution in [0, 0.1) is 5.92 Å². The fourth-order valence-electron chi connectivity index (χ4n) is 6.52. The number of carbonyl (C=O) groups is 3. The first-order valence-electron chi connectivity index (χ1n) is 15.1. The maximum absolute atomic E-state index is 13.6. The van der Waals surface area contributed by atoms with Gasteiger partial charge in [-0.1, -0.05) is 17.3 Å². The molecule has 3 unspecified atom stereocenters. The van der Waals surface area contributed by atoms with Gasteiger partial charge in [-0.3, -0.25) is 19.1 Å². The van der Waals surface area contributed by atoms with Crippen LogP contribution in [0.2, 0.25) is 0 Å². The molecule has 11 nitrogen and oxygen atoms in total. The maximum Gasteiger partial charge on any atom is 0.243 e. The fraction of sp³-hybridized carbons (Fsp3) is 0.581. The number of rotatable bonds is 10. The van der Waals surface area contributed by atoms with Crippen molar-refractivity contribution in [2.24, 2.45) is 18.7 Å². The molecule has 42 heavy (non-hydrogen) atoms. The zero-order valence-electron chi connectivity index (χ0n) is 24.9. The summed E-state index contributed by atoms with van der Waals surface area (Å²) < 4.78 is 7.06. The van der Waals surface area contributed by atoms with Gasteiger partial charge >= 0.3 is 0 Å². The van der Waals surface area contributed by atoms with Crippen molar-refractivity contribution in [3.05, 3.63) is 46.8 Å².